The predicted octanol–water partition coefficient (Wildman–Crippen LogP) is 0.596. The topological polar surface area (TPSA) is 88.3 Å². The maximum Gasteiger partial charge on any atom is 0.303 e. The van der Waals surface area contributed by atoms with Crippen LogP contribution in [0.15, 0.2) is 6.20 Å². The molecule has 1 aliphatic rings. The maximum atomic E-state index is 12.1. The second-order valence-corrected chi connectivity index (χ2v) is 6.80. The zero-order chi connectivity index (χ0) is 13.7. The lowest BCUT2D eigenvalue weighted by Crippen LogP contribution is -2.39. The van der Waals surface area contributed by atoms with Gasteiger partial charge in [-0.15, -0.1) is 0 Å². The standard InChI is InChI=1S/C11H16N4O2S2/c12-6-4-5-10-9-13-11(18-10)14-19(16,17)15-7-2-1-3-8-15/h9H,1-3,6-8,12H2,(H,13,14). The van der Waals surface area contributed by atoms with Gasteiger partial charge in [-0.25, -0.2) is 9.71 Å². The Balaban J connectivity index is 2.05. The van der Waals surface area contributed by atoms with Crippen LogP contribution < -0.4 is 10.5 Å². The van der Waals surface area contributed by atoms with Gasteiger partial charge in [0.05, 0.1) is 17.6 Å². The van der Waals surface area contributed by atoms with Crippen LogP contribution in [0, 0.1) is 11.8 Å². The van der Waals surface area contributed by atoms with Crippen molar-refractivity contribution in [3.63, 3.8) is 0 Å². The Labute approximate surface area is 117 Å². The summed E-state index contributed by atoms with van der Waals surface area (Å²) in [6.07, 6.45) is 4.45. The van der Waals surface area contributed by atoms with Crippen molar-refractivity contribution in [2.45, 2.75) is 19.3 Å². The van der Waals surface area contributed by atoms with E-state index in [1.165, 1.54) is 15.6 Å². The van der Waals surface area contributed by atoms with Crippen LogP contribution >= 0.6 is 11.3 Å². The zero-order valence-corrected chi connectivity index (χ0v) is 12.1. The molecule has 1 saturated heterocycles. The molecule has 2 rings (SSSR count). The van der Waals surface area contributed by atoms with Crippen molar-refractivity contribution in [2.24, 2.45) is 5.73 Å². The van der Waals surface area contributed by atoms with Gasteiger partial charge in [-0.2, -0.15) is 12.7 Å². The van der Waals surface area contributed by atoms with Crippen LogP contribution in [-0.2, 0) is 10.2 Å². The Bertz CT molecular complexity index is 579. The molecule has 0 unspecified atom stereocenters. The van der Waals surface area contributed by atoms with Crippen molar-refractivity contribution in [3.8, 4) is 11.8 Å². The highest BCUT2D eigenvalue weighted by Crippen LogP contribution is 2.21. The Kier molecular flexibility index (Phi) is 4.76. The van der Waals surface area contributed by atoms with E-state index in [0.717, 1.165) is 19.3 Å². The first kappa shape index (κ1) is 14.3. The Morgan fingerprint density at radius 1 is 1.42 bits per heavy atom. The van der Waals surface area contributed by atoms with Crippen molar-refractivity contribution in [1.29, 1.82) is 0 Å². The molecule has 0 atom stereocenters. The smallest absolute Gasteiger partial charge is 0.303 e. The summed E-state index contributed by atoms with van der Waals surface area (Å²) >= 11 is 1.21. The minimum atomic E-state index is -3.49. The molecule has 1 aliphatic heterocycles. The highest BCUT2D eigenvalue weighted by molar-refractivity contribution is 7.90. The molecule has 1 fully saturated rings. The summed E-state index contributed by atoms with van der Waals surface area (Å²) in [6, 6.07) is 0. The quantitative estimate of drug-likeness (QED) is 0.800. The van der Waals surface area contributed by atoms with Gasteiger partial charge in [-0.3, -0.25) is 0 Å². The van der Waals surface area contributed by atoms with Gasteiger partial charge in [0.2, 0.25) is 0 Å². The highest BCUT2D eigenvalue weighted by Gasteiger charge is 2.24. The van der Waals surface area contributed by atoms with E-state index in [0.29, 0.717) is 23.1 Å². The van der Waals surface area contributed by atoms with Crippen molar-refractivity contribution in [2.75, 3.05) is 24.4 Å². The molecular formula is C11H16N4O2S2. The molecule has 0 spiro atoms. The van der Waals surface area contributed by atoms with E-state index in [9.17, 15) is 8.42 Å². The molecule has 0 saturated carbocycles. The number of thiazole rings is 1. The number of piperidine rings is 1. The molecule has 0 bridgehead atoms. The fraction of sp³-hybridized carbons (Fsp3) is 0.545. The maximum absolute atomic E-state index is 12.1. The van der Waals surface area contributed by atoms with Crippen molar-refractivity contribution in [1.82, 2.24) is 9.29 Å². The summed E-state index contributed by atoms with van der Waals surface area (Å²) in [7, 11) is -3.49. The Morgan fingerprint density at radius 2 is 2.16 bits per heavy atom. The Morgan fingerprint density at radius 3 is 2.84 bits per heavy atom. The molecule has 8 heteroatoms. The summed E-state index contributed by atoms with van der Waals surface area (Å²) in [5.41, 5.74) is 5.27. The largest absolute Gasteiger partial charge is 0.320 e. The first-order chi connectivity index (χ1) is 9.12. The van der Waals surface area contributed by atoms with E-state index in [-0.39, 0.29) is 6.54 Å². The van der Waals surface area contributed by atoms with Crippen LogP contribution in [0.5, 0.6) is 0 Å². The lowest BCUT2D eigenvalue weighted by atomic mass is 10.2. The fourth-order valence-electron chi connectivity index (χ4n) is 1.80. The van der Waals surface area contributed by atoms with Crippen LogP contribution in [0.25, 0.3) is 0 Å². The normalized spacial score (nSPS) is 16.7. The van der Waals surface area contributed by atoms with Gasteiger partial charge in [-0.1, -0.05) is 29.6 Å². The first-order valence-corrected chi connectivity index (χ1v) is 8.30. The molecule has 6 nitrogen and oxygen atoms in total. The van der Waals surface area contributed by atoms with Crippen LogP contribution in [0.3, 0.4) is 0 Å². The number of nitrogens with zero attached hydrogens (tertiary/aromatic N) is 2. The summed E-state index contributed by atoms with van der Waals surface area (Å²) in [6.45, 7) is 1.41. The van der Waals surface area contributed by atoms with E-state index in [2.05, 4.69) is 21.5 Å². The molecule has 1 aromatic rings. The average molecular weight is 300 g/mol. The second-order valence-electron chi connectivity index (χ2n) is 4.10. The number of aromatic nitrogens is 1. The molecule has 0 aromatic carbocycles. The van der Waals surface area contributed by atoms with Crippen LogP contribution in [0.4, 0.5) is 5.13 Å². The van der Waals surface area contributed by atoms with E-state index < -0.39 is 10.2 Å². The van der Waals surface area contributed by atoms with E-state index in [4.69, 9.17) is 5.73 Å². The molecular weight excluding hydrogens is 284 g/mol. The van der Waals surface area contributed by atoms with Crippen molar-refractivity contribution in [3.05, 3.63) is 11.1 Å². The van der Waals surface area contributed by atoms with Gasteiger partial charge in [0.15, 0.2) is 5.13 Å². The van der Waals surface area contributed by atoms with E-state index in [1.807, 2.05) is 0 Å². The SMILES string of the molecule is NCC#Cc1cnc(NS(=O)(=O)N2CCCCC2)s1. The lowest BCUT2D eigenvalue weighted by molar-refractivity contribution is 0.349. The third-order valence-corrected chi connectivity index (χ3v) is 5.14. The third kappa shape index (κ3) is 3.91. The molecule has 104 valence electrons. The van der Waals surface area contributed by atoms with E-state index in [1.54, 1.807) is 6.20 Å². The first-order valence-electron chi connectivity index (χ1n) is 6.04. The molecule has 19 heavy (non-hydrogen) atoms. The van der Waals surface area contributed by atoms with Gasteiger partial charge in [0, 0.05) is 13.1 Å². The number of hydrogen-bond acceptors (Lipinski definition) is 5. The molecule has 3 N–H and O–H groups in total. The number of nitrogens with one attached hydrogen (secondary N) is 1. The van der Waals surface area contributed by atoms with Gasteiger partial charge in [0.25, 0.3) is 0 Å². The number of hydrogen-bond donors (Lipinski definition) is 2. The molecule has 0 amide bonds. The lowest BCUT2D eigenvalue weighted by Gasteiger charge is -2.25. The number of rotatable bonds is 3. The van der Waals surface area contributed by atoms with Crippen LogP contribution in [0.2, 0.25) is 0 Å². The molecule has 2 heterocycles. The Hall–Kier alpha value is -1.14. The third-order valence-electron chi connectivity index (χ3n) is 2.69. The molecule has 1 aromatic heterocycles. The minimum Gasteiger partial charge on any atom is -0.320 e. The summed E-state index contributed by atoms with van der Waals surface area (Å²) in [4.78, 5) is 4.70. The van der Waals surface area contributed by atoms with Gasteiger partial charge < -0.3 is 5.73 Å². The molecule has 0 aliphatic carbocycles. The van der Waals surface area contributed by atoms with Crippen molar-refractivity contribution < 1.29 is 8.42 Å². The van der Waals surface area contributed by atoms with Gasteiger partial charge in [-0.05, 0) is 12.8 Å². The number of anilines is 1. The van der Waals surface area contributed by atoms with E-state index >= 15 is 0 Å². The van der Waals surface area contributed by atoms with Gasteiger partial charge >= 0.3 is 10.2 Å². The zero-order valence-electron chi connectivity index (χ0n) is 10.4. The van der Waals surface area contributed by atoms with Crippen LogP contribution in [0.1, 0.15) is 24.1 Å². The van der Waals surface area contributed by atoms with Crippen LogP contribution in [-0.4, -0.2) is 37.3 Å². The number of nitrogens with two attached hydrogens (primary N) is 1. The molecule has 0 radical (unpaired) electrons. The van der Waals surface area contributed by atoms with Crippen molar-refractivity contribution >= 4 is 26.7 Å². The predicted molar refractivity (Wildman–Crippen MR) is 76.0 cm³/mol. The minimum absolute atomic E-state index is 0.271. The monoisotopic (exact) mass is 300 g/mol. The second kappa shape index (κ2) is 6.34. The summed E-state index contributed by atoms with van der Waals surface area (Å²) in [5.74, 6) is 5.53. The summed E-state index contributed by atoms with van der Waals surface area (Å²) < 4.78 is 28.2. The van der Waals surface area contributed by atoms with Gasteiger partial charge in [0.1, 0.15) is 0 Å². The summed E-state index contributed by atoms with van der Waals surface area (Å²) in [5, 5.41) is 0.340. The average Bonchev–Trinajstić information content (AvgIpc) is 2.84. The highest BCUT2D eigenvalue weighted by atomic mass is 32.2. The fourth-order valence-corrected chi connectivity index (χ4v) is 3.96.